The fourth-order valence-electron chi connectivity index (χ4n) is 2.60. The number of furan rings is 1. The van der Waals surface area contributed by atoms with Crippen LogP contribution in [0.15, 0.2) is 28.8 Å². The molecule has 2 aromatic rings. The van der Waals surface area contributed by atoms with Crippen LogP contribution in [0.4, 0.5) is 0 Å². The fraction of sp³-hybridized carbons (Fsp3) is 0.471. The van der Waals surface area contributed by atoms with Gasteiger partial charge in [-0.15, -0.1) is 0 Å². The van der Waals surface area contributed by atoms with E-state index in [0.29, 0.717) is 24.1 Å². The van der Waals surface area contributed by atoms with Crippen molar-refractivity contribution < 1.29 is 13.9 Å². The summed E-state index contributed by atoms with van der Waals surface area (Å²) in [6, 6.07) is 5.63. The van der Waals surface area contributed by atoms with E-state index in [1.807, 2.05) is 6.92 Å². The first-order valence-electron chi connectivity index (χ1n) is 7.74. The Morgan fingerprint density at radius 3 is 2.96 bits per heavy atom. The smallest absolute Gasteiger partial charge is 0.213 e. The van der Waals surface area contributed by atoms with E-state index in [1.54, 1.807) is 18.3 Å². The number of rotatable bonds is 5. The third kappa shape index (κ3) is 4.47. The number of aryl methyl sites for hydroxylation is 2. The van der Waals surface area contributed by atoms with E-state index in [4.69, 9.17) is 25.5 Å². The lowest BCUT2D eigenvalue weighted by molar-refractivity contribution is -0.0524. The molecular formula is C17H21ClN2O3. The molecule has 0 saturated carbocycles. The molecule has 1 atom stereocenters. The van der Waals surface area contributed by atoms with Crippen molar-refractivity contribution in [1.29, 1.82) is 0 Å². The van der Waals surface area contributed by atoms with Crippen molar-refractivity contribution in [2.45, 2.75) is 26.5 Å². The highest BCUT2D eigenvalue weighted by molar-refractivity contribution is 6.30. The molecule has 1 aliphatic rings. The Bertz CT molecular complexity index is 622. The monoisotopic (exact) mass is 336 g/mol. The summed E-state index contributed by atoms with van der Waals surface area (Å²) in [6.45, 7) is 7.74. The molecule has 23 heavy (non-hydrogen) atoms. The van der Waals surface area contributed by atoms with Gasteiger partial charge in [-0.2, -0.15) is 0 Å². The van der Waals surface area contributed by atoms with E-state index in [1.165, 1.54) is 5.56 Å². The van der Waals surface area contributed by atoms with Gasteiger partial charge in [0.2, 0.25) is 5.88 Å². The normalized spacial score (nSPS) is 19.0. The van der Waals surface area contributed by atoms with Gasteiger partial charge in [-0.05, 0) is 31.5 Å². The summed E-state index contributed by atoms with van der Waals surface area (Å²) in [5, 5.41) is 0.599. The molecule has 0 amide bonds. The highest BCUT2D eigenvalue weighted by atomic mass is 35.5. The average Bonchev–Trinajstić information content (AvgIpc) is 2.85. The van der Waals surface area contributed by atoms with Crippen molar-refractivity contribution in [1.82, 2.24) is 9.88 Å². The molecule has 2 aromatic heterocycles. The Hall–Kier alpha value is -1.56. The van der Waals surface area contributed by atoms with Crippen molar-refractivity contribution >= 4 is 11.6 Å². The second-order valence-corrected chi connectivity index (χ2v) is 6.24. The van der Waals surface area contributed by atoms with Gasteiger partial charge in [-0.25, -0.2) is 4.98 Å². The highest BCUT2D eigenvalue weighted by Gasteiger charge is 2.22. The highest BCUT2D eigenvalue weighted by Crippen LogP contribution is 2.17. The molecule has 3 heterocycles. The fourth-order valence-corrected chi connectivity index (χ4v) is 2.71. The standard InChI is InChI=1S/C17H21ClN2O3/c1-12-7-15(23-13(12)2)9-20-5-6-21-16(10-20)11-22-17-4-3-14(18)8-19-17/h3-4,7-8,16H,5-6,9-11H2,1-2H3. The average molecular weight is 337 g/mol. The van der Waals surface area contributed by atoms with Crippen LogP contribution >= 0.6 is 11.6 Å². The lowest BCUT2D eigenvalue weighted by atomic mass is 10.2. The van der Waals surface area contributed by atoms with Crippen LogP contribution in [-0.2, 0) is 11.3 Å². The molecule has 1 aliphatic heterocycles. The lowest BCUT2D eigenvalue weighted by Gasteiger charge is -2.32. The molecule has 5 nitrogen and oxygen atoms in total. The third-order valence-corrected chi connectivity index (χ3v) is 4.16. The number of halogens is 1. The van der Waals surface area contributed by atoms with E-state index >= 15 is 0 Å². The van der Waals surface area contributed by atoms with Crippen LogP contribution in [0.1, 0.15) is 17.1 Å². The molecule has 1 unspecified atom stereocenters. The van der Waals surface area contributed by atoms with Gasteiger partial charge >= 0.3 is 0 Å². The van der Waals surface area contributed by atoms with E-state index in [2.05, 4.69) is 22.9 Å². The summed E-state index contributed by atoms with van der Waals surface area (Å²) in [5.74, 6) is 2.55. The first-order chi connectivity index (χ1) is 11.1. The third-order valence-electron chi connectivity index (χ3n) is 3.94. The first kappa shape index (κ1) is 16.3. The minimum Gasteiger partial charge on any atom is -0.475 e. The SMILES string of the molecule is Cc1cc(CN2CCOC(COc3ccc(Cl)cn3)C2)oc1C. The van der Waals surface area contributed by atoms with E-state index < -0.39 is 0 Å². The van der Waals surface area contributed by atoms with Gasteiger partial charge in [-0.1, -0.05) is 11.6 Å². The first-order valence-corrected chi connectivity index (χ1v) is 8.12. The zero-order chi connectivity index (χ0) is 16.2. The summed E-state index contributed by atoms with van der Waals surface area (Å²) < 4.78 is 17.2. The largest absolute Gasteiger partial charge is 0.475 e. The molecule has 0 aromatic carbocycles. The number of ether oxygens (including phenoxy) is 2. The maximum Gasteiger partial charge on any atom is 0.213 e. The number of hydrogen-bond acceptors (Lipinski definition) is 5. The summed E-state index contributed by atoms with van der Waals surface area (Å²) in [5.41, 5.74) is 1.20. The van der Waals surface area contributed by atoms with E-state index in [-0.39, 0.29) is 6.10 Å². The van der Waals surface area contributed by atoms with Crippen molar-refractivity contribution in [3.63, 3.8) is 0 Å². The zero-order valence-electron chi connectivity index (χ0n) is 13.4. The predicted molar refractivity (Wildman–Crippen MR) is 87.9 cm³/mol. The predicted octanol–water partition coefficient (Wildman–Crippen LogP) is 3.22. The summed E-state index contributed by atoms with van der Waals surface area (Å²) in [4.78, 5) is 6.45. The summed E-state index contributed by atoms with van der Waals surface area (Å²) in [7, 11) is 0. The van der Waals surface area contributed by atoms with Gasteiger partial charge in [0.15, 0.2) is 0 Å². The minimum absolute atomic E-state index is 0.0263. The second-order valence-electron chi connectivity index (χ2n) is 5.81. The topological polar surface area (TPSA) is 47.7 Å². The molecule has 0 spiro atoms. The molecule has 1 saturated heterocycles. The molecule has 0 bridgehead atoms. The van der Waals surface area contributed by atoms with Crippen molar-refractivity contribution in [3.05, 3.63) is 46.5 Å². The molecular weight excluding hydrogens is 316 g/mol. The Kier molecular flexibility index (Phi) is 5.20. The number of morpholine rings is 1. The van der Waals surface area contributed by atoms with Crippen LogP contribution in [0.25, 0.3) is 0 Å². The van der Waals surface area contributed by atoms with Crippen molar-refractivity contribution in [2.24, 2.45) is 0 Å². The number of pyridine rings is 1. The van der Waals surface area contributed by atoms with Crippen molar-refractivity contribution in [3.8, 4) is 5.88 Å². The van der Waals surface area contributed by atoms with Gasteiger partial charge in [0.1, 0.15) is 24.2 Å². The Labute approximate surface area is 141 Å². The molecule has 0 aliphatic carbocycles. The Balaban J connectivity index is 1.50. The van der Waals surface area contributed by atoms with Gasteiger partial charge in [-0.3, -0.25) is 4.90 Å². The quantitative estimate of drug-likeness (QED) is 0.839. The van der Waals surface area contributed by atoms with Crippen LogP contribution in [0, 0.1) is 13.8 Å². The van der Waals surface area contributed by atoms with Gasteiger partial charge in [0, 0.05) is 25.4 Å². The molecule has 0 N–H and O–H groups in total. The van der Waals surface area contributed by atoms with E-state index in [9.17, 15) is 0 Å². The molecule has 6 heteroatoms. The molecule has 0 radical (unpaired) electrons. The summed E-state index contributed by atoms with van der Waals surface area (Å²) in [6.07, 6.45) is 1.60. The maximum atomic E-state index is 5.81. The Morgan fingerprint density at radius 1 is 1.39 bits per heavy atom. The zero-order valence-corrected chi connectivity index (χ0v) is 14.2. The maximum absolute atomic E-state index is 5.81. The van der Waals surface area contributed by atoms with Crippen LogP contribution in [0.3, 0.4) is 0 Å². The number of nitrogens with zero attached hydrogens (tertiary/aromatic N) is 2. The molecule has 124 valence electrons. The number of hydrogen-bond donors (Lipinski definition) is 0. The second kappa shape index (κ2) is 7.34. The number of aromatic nitrogens is 1. The molecule has 3 rings (SSSR count). The van der Waals surface area contributed by atoms with Gasteiger partial charge in [0.25, 0.3) is 0 Å². The summed E-state index contributed by atoms with van der Waals surface area (Å²) >= 11 is 5.81. The van der Waals surface area contributed by atoms with E-state index in [0.717, 1.165) is 31.2 Å². The van der Waals surface area contributed by atoms with Gasteiger partial charge < -0.3 is 13.9 Å². The van der Waals surface area contributed by atoms with Crippen LogP contribution in [0.5, 0.6) is 5.88 Å². The Morgan fingerprint density at radius 2 is 2.26 bits per heavy atom. The van der Waals surface area contributed by atoms with Crippen LogP contribution in [-0.4, -0.2) is 42.3 Å². The lowest BCUT2D eigenvalue weighted by Crippen LogP contribution is -2.44. The van der Waals surface area contributed by atoms with Crippen LogP contribution in [0.2, 0.25) is 5.02 Å². The van der Waals surface area contributed by atoms with Crippen molar-refractivity contribution in [2.75, 3.05) is 26.3 Å². The van der Waals surface area contributed by atoms with Gasteiger partial charge in [0.05, 0.1) is 18.2 Å². The van der Waals surface area contributed by atoms with Crippen LogP contribution < -0.4 is 4.74 Å². The molecule has 1 fully saturated rings. The minimum atomic E-state index is 0.0263.